The fraction of sp³-hybridized carbons (Fsp3) is 0.588. The molecular weight excluding hydrogens is 390 g/mol. The molecule has 0 spiro atoms. The average Bonchev–Trinajstić information content (AvgIpc) is 3.29. The normalized spacial score (nSPS) is 19.3. The van der Waals surface area contributed by atoms with Crippen LogP contribution in [0.5, 0.6) is 11.5 Å². The summed E-state index contributed by atoms with van der Waals surface area (Å²) >= 11 is 3.51. The molecule has 2 heterocycles. The van der Waals surface area contributed by atoms with Gasteiger partial charge in [-0.05, 0) is 46.5 Å². The number of hydrogen-bond donors (Lipinski definition) is 2. The Labute approximate surface area is 156 Å². The Morgan fingerprint density at radius 1 is 1.36 bits per heavy atom. The summed E-state index contributed by atoms with van der Waals surface area (Å²) < 4.78 is 22.8. The molecular formula is C17H24BrN3O4. The predicted molar refractivity (Wildman–Crippen MR) is 98.3 cm³/mol. The molecule has 1 fully saturated rings. The molecule has 2 N–H and O–H groups in total. The summed E-state index contributed by atoms with van der Waals surface area (Å²) in [6, 6.07) is 4.00. The lowest BCUT2D eigenvalue weighted by molar-refractivity contribution is 0.0420. The van der Waals surface area contributed by atoms with Gasteiger partial charge in [0.15, 0.2) is 17.5 Å². The van der Waals surface area contributed by atoms with Gasteiger partial charge in [0.2, 0.25) is 6.79 Å². The number of rotatable bonds is 7. The molecule has 1 aromatic rings. The first-order valence-electron chi connectivity index (χ1n) is 8.48. The van der Waals surface area contributed by atoms with Crippen LogP contribution in [0.1, 0.15) is 18.4 Å². The van der Waals surface area contributed by atoms with Gasteiger partial charge in [0.1, 0.15) is 0 Å². The molecule has 1 atom stereocenters. The molecule has 138 valence electrons. The molecule has 1 unspecified atom stereocenters. The number of fused-ring (bicyclic) bond motifs is 1. The highest BCUT2D eigenvalue weighted by Crippen LogP contribution is 2.39. The van der Waals surface area contributed by atoms with Crippen molar-refractivity contribution in [3.63, 3.8) is 0 Å². The van der Waals surface area contributed by atoms with E-state index in [4.69, 9.17) is 18.9 Å². The Balaban J connectivity index is 1.37. The number of ether oxygens (including phenoxy) is 4. The number of hydrogen-bond acceptors (Lipinski definition) is 5. The maximum absolute atomic E-state index is 5.75. The number of aliphatic imine (C=N–C) groups is 1. The molecule has 2 aliphatic heterocycles. The second kappa shape index (κ2) is 9.26. The molecule has 25 heavy (non-hydrogen) atoms. The zero-order valence-corrected chi connectivity index (χ0v) is 15.9. The predicted octanol–water partition coefficient (Wildman–Crippen LogP) is 2.04. The van der Waals surface area contributed by atoms with Crippen molar-refractivity contribution in [3.05, 3.63) is 22.2 Å². The van der Waals surface area contributed by atoms with E-state index in [1.54, 1.807) is 7.05 Å². The second-order valence-electron chi connectivity index (χ2n) is 5.87. The topological polar surface area (TPSA) is 73.3 Å². The summed E-state index contributed by atoms with van der Waals surface area (Å²) in [6.07, 6.45) is 2.19. The molecule has 0 aromatic heterocycles. The van der Waals surface area contributed by atoms with Gasteiger partial charge < -0.3 is 29.6 Å². The van der Waals surface area contributed by atoms with Gasteiger partial charge in [0, 0.05) is 33.4 Å². The fourth-order valence-corrected chi connectivity index (χ4v) is 3.31. The quantitative estimate of drug-likeness (QED) is 0.404. The highest BCUT2D eigenvalue weighted by atomic mass is 79.9. The average molecular weight is 414 g/mol. The second-order valence-corrected chi connectivity index (χ2v) is 6.73. The maximum Gasteiger partial charge on any atom is 0.231 e. The first-order valence-corrected chi connectivity index (χ1v) is 9.27. The first-order chi connectivity index (χ1) is 12.3. The largest absolute Gasteiger partial charge is 0.454 e. The zero-order valence-electron chi connectivity index (χ0n) is 14.3. The van der Waals surface area contributed by atoms with Gasteiger partial charge in [-0.2, -0.15) is 0 Å². The van der Waals surface area contributed by atoms with Gasteiger partial charge in [0.25, 0.3) is 0 Å². The van der Waals surface area contributed by atoms with E-state index in [1.165, 1.54) is 0 Å². The van der Waals surface area contributed by atoms with Crippen molar-refractivity contribution in [1.82, 2.24) is 10.6 Å². The third kappa shape index (κ3) is 5.23. The van der Waals surface area contributed by atoms with Crippen molar-refractivity contribution >= 4 is 21.9 Å². The number of halogens is 1. The first kappa shape index (κ1) is 18.3. The van der Waals surface area contributed by atoms with E-state index in [-0.39, 0.29) is 12.9 Å². The van der Waals surface area contributed by atoms with Crippen molar-refractivity contribution in [2.75, 3.05) is 40.2 Å². The number of guanidine groups is 1. The number of nitrogens with zero attached hydrogens (tertiary/aromatic N) is 1. The smallest absolute Gasteiger partial charge is 0.231 e. The van der Waals surface area contributed by atoms with Gasteiger partial charge in [-0.25, -0.2) is 0 Å². The van der Waals surface area contributed by atoms with E-state index >= 15 is 0 Å². The molecule has 0 radical (unpaired) electrons. The fourth-order valence-electron chi connectivity index (χ4n) is 2.70. The van der Waals surface area contributed by atoms with E-state index in [1.807, 2.05) is 12.1 Å². The lowest BCUT2D eigenvalue weighted by Crippen LogP contribution is -2.37. The Kier molecular flexibility index (Phi) is 6.77. The van der Waals surface area contributed by atoms with Crippen molar-refractivity contribution in [2.45, 2.75) is 25.5 Å². The van der Waals surface area contributed by atoms with Gasteiger partial charge >= 0.3 is 0 Å². The highest BCUT2D eigenvalue weighted by Gasteiger charge is 2.18. The molecule has 0 saturated carbocycles. The van der Waals surface area contributed by atoms with Crippen LogP contribution in [0.4, 0.5) is 0 Å². The van der Waals surface area contributed by atoms with Crippen molar-refractivity contribution in [2.24, 2.45) is 4.99 Å². The van der Waals surface area contributed by atoms with Crippen LogP contribution < -0.4 is 20.1 Å². The molecule has 3 rings (SSSR count). The Morgan fingerprint density at radius 2 is 2.28 bits per heavy atom. The molecule has 0 bridgehead atoms. The standard InChI is InChI=1S/C17H24BrN3O4/c1-19-17(20-4-2-5-23-13-3-6-22-10-13)21-9-12-7-14(18)16-15(8-12)24-11-25-16/h7-8,13H,2-6,9-11H2,1H3,(H2,19,20,21). The molecule has 2 aliphatic rings. The van der Waals surface area contributed by atoms with Crippen LogP contribution in [0, 0.1) is 0 Å². The third-order valence-electron chi connectivity index (χ3n) is 4.03. The summed E-state index contributed by atoms with van der Waals surface area (Å²) in [5, 5.41) is 6.59. The van der Waals surface area contributed by atoms with Crippen LogP contribution in [-0.4, -0.2) is 52.3 Å². The number of benzene rings is 1. The van der Waals surface area contributed by atoms with Gasteiger partial charge in [0.05, 0.1) is 17.2 Å². The lowest BCUT2D eigenvalue weighted by Gasteiger charge is -2.13. The van der Waals surface area contributed by atoms with Gasteiger partial charge in [-0.1, -0.05) is 0 Å². The minimum Gasteiger partial charge on any atom is -0.454 e. The lowest BCUT2D eigenvalue weighted by atomic mass is 10.2. The minimum atomic E-state index is 0.266. The van der Waals surface area contributed by atoms with E-state index in [0.717, 1.165) is 66.7 Å². The third-order valence-corrected chi connectivity index (χ3v) is 4.61. The van der Waals surface area contributed by atoms with E-state index < -0.39 is 0 Å². The summed E-state index contributed by atoms with van der Waals surface area (Å²) in [5.41, 5.74) is 1.09. The van der Waals surface area contributed by atoms with Crippen LogP contribution in [0.25, 0.3) is 0 Å². The van der Waals surface area contributed by atoms with Crippen LogP contribution in [0.3, 0.4) is 0 Å². The minimum absolute atomic E-state index is 0.266. The van der Waals surface area contributed by atoms with Crippen LogP contribution in [0.2, 0.25) is 0 Å². The summed E-state index contributed by atoms with van der Waals surface area (Å²) in [6.45, 7) is 3.98. The van der Waals surface area contributed by atoms with Crippen molar-refractivity contribution < 1.29 is 18.9 Å². The van der Waals surface area contributed by atoms with Gasteiger partial charge in [-0.3, -0.25) is 4.99 Å². The molecule has 1 saturated heterocycles. The van der Waals surface area contributed by atoms with Crippen molar-refractivity contribution in [1.29, 1.82) is 0 Å². The molecule has 0 amide bonds. The molecule has 7 nitrogen and oxygen atoms in total. The van der Waals surface area contributed by atoms with Crippen LogP contribution in [-0.2, 0) is 16.0 Å². The van der Waals surface area contributed by atoms with E-state index in [0.29, 0.717) is 6.54 Å². The zero-order chi connectivity index (χ0) is 17.5. The monoisotopic (exact) mass is 413 g/mol. The van der Waals surface area contributed by atoms with Crippen LogP contribution >= 0.6 is 15.9 Å². The van der Waals surface area contributed by atoms with E-state index in [9.17, 15) is 0 Å². The summed E-state index contributed by atoms with van der Waals surface area (Å²) in [5.74, 6) is 2.29. The SMILES string of the molecule is CN=C(NCCCOC1CCOC1)NCc1cc(Br)c2c(c1)OCO2. The Morgan fingerprint density at radius 3 is 3.08 bits per heavy atom. The Bertz CT molecular complexity index is 606. The van der Waals surface area contributed by atoms with Crippen molar-refractivity contribution in [3.8, 4) is 11.5 Å². The maximum atomic E-state index is 5.75. The summed E-state index contributed by atoms with van der Waals surface area (Å²) in [4.78, 5) is 4.24. The molecule has 0 aliphatic carbocycles. The summed E-state index contributed by atoms with van der Waals surface area (Å²) in [7, 11) is 1.76. The van der Waals surface area contributed by atoms with Gasteiger partial charge in [-0.15, -0.1) is 0 Å². The molecule has 8 heteroatoms. The van der Waals surface area contributed by atoms with E-state index in [2.05, 4.69) is 31.6 Å². The molecule has 1 aromatic carbocycles. The van der Waals surface area contributed by atoms with Crippen LogP contribution in [0.15, 0.2) is 21.6 Å². The Hall–Kier alpha value is -1.51. The highest BCUT2D eigenvalue weighted by molar-refractivity contribution is 9.10. The number of nitrogens with one attached hydrogen (secondary N) is 2.